The third kappa shape index (κ3) is 3.46. The van der Waals surface area contributed by atoms with E-state index < -0.39 is 10.0 Å². The summed E-state index contributed by atoms with van der Waals surface area (Å²) in [7, 11) is -2.99. The molecule has 1 rings (SSSR count). The average molecular weight is 225 g/mol. The average Bonchev–Trinajstić information content (AvgIpc) is 2.04. The maximum Gasteiger partial charge on any atom is 0.211 e. The van der Waals surface area contributed by atoms with Crippen molar-refractivity contribution in [2.75, 3.05) is 25.6 Å². The summed E-state index contributed by atoms with van der Waals surface area (Å²) in [5.41, 5.74) is 0. The van der Waals surface area contributed by atoms with E-state index in [1.807, 2.05) is 6.26 Å². The first kappa shape index (κ1) is 11.3. The maximum atomic E-state index is 11.1. The smallest absolute Gasteiger partial charge is 0.211 e. The van der Waals surface area contributed by atoms with Gasteiger partial charge in [0.15, 0.2) is 0 Å². The third-order valence-corrected chi connectivity index (χ3v) is 3.87. The van der Waals surface area contributed by atoms with Gasteiger partial charge in [-0.2, -0.15) is 0 Å². The Morgan fingerprint density at radius 3 is 2.31 bits per heavy atom. The molecule has 4 nitrogen and oxygen atoms in total. The van der Waals surface area contributed by atoms with E-state index in [0.29, 0.717) is 13.1 Å². The molecule has 13 heavy (non-hydrogen) atoms. The summed E-state index contributed by atoms with van der Waals surface area (Å²) in [6, 6.07) is 0. The quantitative estimate of drug-likeness (QED) is 0.664. The Hall–Kier alpha value is 0.220. The summed E-state index contributed by atoms with van der Waals surface area (Å²) in [6.07, 6.45) is 4.95. The third-order valence-electron chi connectivity index (χ3n) is 2.10. The molecule has 0 aromatic carbocycles. The molecule has 0 saturated carbocycles. The van der Waals surface area contributed by atoms with Gasteiger partial charge in [-0.15, -0.1) is 0 Å². The molecule has 1 aliphatic rings. The monoisotopic (exact) mass is 225 g/mol. The van der Waals surface area contributed by atoms with Gasteiger partial charge < -0.3 is 4.18 Å². The van der Waals surface area contributed by atoms with E-state index in [4.69, 9.17) is 4.18 Å². The van der Waals surface area contributed by atoms with Gasteiger partial charge in [0.05, 0.1) is 12.4 Å². The lowest BCUT2D eigenvalue weighted by molar-refractivity contribution is 0.161. The van der Waals surface area contributed by atoms with Gasteiger partial charge in [-0.25, -0.2) is 12.7 Å². The van der Waals surface area contributed by atoms with E-state index >= 15 is 0 Å². The van der Waals surface area contributed by atoms with Gasteiger partial charge in [-0.05, 0) is 24.9 Å². The van der Waals surface area contributed by atoms with E-state index in [0.717, 1.165) is 12.8 Å². The Kier molecular flexibility index (Phi) is 4.03. The minimum absolute atomic E-state index is 0.216. The van der Waals surface area contributed by atoms with Crippen LogP contribution in [0, 0.1) is 0 Å². The van der Waals surface area contributed by atoms with Crippen molar-refractivity contribution in [1.82, 2.24) is 4.31 Å². The van der Waals surface area contributed by atoms with Gasteiger partial charge in [0, 0.05) is 19.3 Å². The second-order valence-corrected chi connectivity index (χ2v) is 5.63. The standard InChI is InChI=1S/C7H15NO3S2/c1-12-11-7-3-5-8(6-4-7)13(2,9)10/h7H,3-6H2,1-2H3. The molecule has 0 aromatic rings. The van der Waals surface area contributed by atoms with Crippen molar-refractivity contribution in [1.29, 1.82) is 0 Å². The lowest BCUT2D eigenvalue weighted by Gasteiger charge is -2.29. The normalized spacial score (nSPS) is 22.0. The zero-order valence-corrected chi connectivity index (χ0v) is 9.53. The Balaban J connectivity index is 2.39. The number of piperidine rings is 1. The van der Waals surface area contributed by atoms with E-state index in [1.54, 1.807) is 0 Å². The number of hydrogen-bond acceptors (Lipinski definition) is 4. The van der Waals surface area contributed by atoms with E-state index in [2.05, 4.69) is 0 Å². The Morgan fingerprint density at radius 2 is 1.92 bits per heavy atom. The molecule has 0 N–H and O–H groups in total. The van der Waals surface area contributed by atoms with Crippen molar-refractivity contribution in [2.24, 2.45) is 0 Å². The van der Waals surface area contributed by atoms with Crippen LogP contribution in [-0.4, -0.2) is 44.4 Å². The van der Waals surface area contributed by atoms with Crippen LogP contribution >= 0.6 is 12.0 Å². The second kappa shape index (κ2) is 4.63. The van der Waals surface area contributed by atoms with E-state index in [1.165, 1.54) is 22.6 Å². The van der Waals surface area contributed by atoms with Crippen LogP contribution in [0.25, 0.3) is 0 Å². The molecule has 0 unspecified atom stereocenters. The Bertz CT molecular complexity index is 244. The fourth-order valence-corrected chi connectivity index (χ4v) is 2.73. The molecule has 0 spiro atoms. The zero-order valence-electron chi connectivity index (χ0n) is 7.89. The molecule has 0 bridgehead atoms. The second-order valence-electron chi connectivity index (χ2n) is 3.12. The summed E-state index contributed by atoms with van der Waals surface area (Å²) < 4.78 is 29.1. The fraction of sp³-hybridized carbons (Fsp3) is 1.00. The van der Waals surface area contributed by atoms with Crippen LogP contribution in [0.5, 0.6) is 0 Å². The molecule has 78 valence electrons. The van der Waals surface area contributed by atoms with Crippen LogP contribution in [0.4, 0.5) is 0 Å². The van der Waals surface area contributed by atoms with E-state index in [9.17, 15) is 8.42 Å². The predicted molar refractivity (Wildman–Crippen MR) is 54.0 cm³/mol. The highest BCUT2D eigenvalue weighted by Crippen LogP contribution is 2.18. The zero-order chi connectivity index (χ0) is 9.90. The minimum Gasteiger partial charge on any atom is -0.312 e. The lowest BCUT2D eigenvalue weighted by Crippen LogP contribution is -2.39. The number of nitrogens with zero attached hydrogens (tertiary/aromatic N) is 1. The predicted octanol–water partition coefficient (Wildman–Crippen LogP) is 0.705. The first-order valence-corrected chi connectivity index (χ1v) is 7.18. The molecule has 0 aromatic heterocycles. The number of rotatable bonds is 3. The summed E-state index contributed by atoms with van der Waals surface area (Å²) in [5, 5.41) is 0. The summed E-state index contributed by atoms with van der Waals surface area (Å²) >= 11 is 1.35. The van der Waals surface area contributed by atoms with Crippen LogP contribution in [0.2, 0.25) is 0 Å². The molecule has 1 fully saturated rings. The molecule has 1 saturated heterocycles. The highest BCUT2D eigenvalue weighted by Gasteiger charge is 2.25. The van der Waals surface area contributed by atoms with Crippen LogP contribution < -0.4 is 0 Å². The van der Waals surface area contributed by atoms with Crippen LogP contribution in [0.15, 0.2) is 0 Å². The molecular weight excluding hydrogens is 210 g/mol. The van der Waals surface area contributed by atoms with Crippen molar-refractivity contribution in [3.05, 3.63) is 0 Å². The summed E-state index contributed by atoms with van der Waals surface area (Å²) in [4.78, 5) is 0. The van der Waals surface area contributed by atoms with Crippen molar-refractivity contribution in [3.8, 4) is 0 Å². The molecule has 0 aliphatic carbocycles. The molecule has 0 amide bonds. The van der Waals surface area contributed by atoms with Crippen molar-refractivity contribution in [3.63, 3.8) is 0 Å². The lowest BCUT2D eigenvalue weighted by atomic mass is 10.1. The SMILES string of the molecule is CSOC1CCN(S(C)(=O)=O)CC1. The van der Waals surface area contributed by atoms with Crippen molar-refractivity contribution in [2.45, 2.75) is 18.9 Å². The van der Waals surface area contributed by atoms with Crippen LogP contribution in [0.1, 0.15) is 12.8 Å². The molecule has 0 radical (unpaired) electrons. The van der Waals surface area contributed by atoms with Crippen LogP contribution in [0.3, 0.4) is 0 Å². The summed E-state index contributed by atoms with van der Waals surface area (Å²) in [5.74, 6) is 0. The number of hydrogen-bond donors (Lipinski definition) is 0. The number of sulfonamides is 1. The van der Waals surface area contributed by atoms with Gasteiger partial charge in [0.25, 0.3) is 0 Å². The topological polar surface area (TPSA) is 46.6 Å². The molecule has 6 heteroatoms. The maximum absolute atomic E-state index is 11.1. The Morgan fingerprint density at radius 1 is 1.38 bits per heavy atom. The minimum atomic E-state index is -2.99. The highest BCUT2D eigenvalue weighted by atomic mass is 32.2. The van der Waals surface area contributed by atoms with Crippen molar-refractivity contribution < 1.29 is 12.6 Å². The first-order valence-electron chi connectivity index (χ1n) is 4.18. The van der Waals surface area contributed by atoms with Crippen molar-refractivity contribution >= 4 is 22.1 Å². The van der Waals surface area contributed by atoms with Crippen LogP contribution in [-0.2, 0) is 14.2 Å². The molecule has 1 aliphatic heterocycles. The van der Waals surface area contributed by atoms with Gasteiger partial charge in [-0.1, -0.05) is 0 Å². The molecular formula is C7H15NO3S2. The van der Waals surface area contributed by atoms with Gasteiger partial charge >= 0.3 is 0 Å². The molecule has 1 heterocycles. The largest absolute Gasteiger partial charge is 0.312 e. The van der Waals surface area contributed by atoms with Gasteiger partial charge in [0.2, 0.25) is 10.0 Å². The Labute approximate surface area is 83.9 Å². The fourth-order valence-electron chi connectivity index (χ4n) is 1.40. The molecule has 0 atom stereocenters. The highest BCUT2D eigenvalue weighted by molar-refractivity contribution is 7.93. The van der Waals surface area contributed by atoms with E-state index in [-0.39, 0.29) is 6.10 Å². The van der Waals surface area contributed by atoms with Gasteiger partial charge in [0.1, 0.15) is 0 Å². The first-order chi connectivity index (χ1) is 6.04. The summed E-state index contributed by atoms with van der Waals surface area (Å²) in [6.45, 7) is 1.17. The van der Waals surface area contributed by atoms with Gasteiger partial charge in [-0.3, -0.25) is 0 Å².